The largest absolute Gasteiger partial charge is 0.388 e. The van der Waals surface area contributed by atoms with Crippen LogP contribution in [0.4, 0.5) is 0 Å². The van der Waals surface area contributed by atoms with E-state index in [0.29, 0.717) is 6.61 Å². The van der Waals surface area contributed by atoms with E-state index in [0.717, 1.165) is 11.1 Å². The SMILES string of the molecule is C=CCO[C@@H]1O[C@H](COCc2ccccc2)[C@H](O)[C@H](OCc2ccccc2)[C@H]1NC(C)=O. The van der Waals surface area contributed by atoms with Crippen molar-refractivity contribution in [3.8, 4) is 0 Å². The van der Waals surface area contributed by atoms with Gasteiger partial charge in [-0.05, 0) is 11.1 Å². The number of hydrogen-bond donors (Lipinski definition) is 2. The molecule has 1 aliphatic rings. The number of rotatable bonds is 11. The van der Waals surface area contributed by atoms with E-state index in [-0.39, 0.29) is 25.7 Å². The Labute approximate surface area is 188 Å². The van der Waals surface area contributed by atoms with E-state index < -0.39 is 30.6 Å². The Hall–Kier alpha value is -2.55. The third-order valence-corrected chi connectivity index (χ3v) is 5.10. The van der Waals surface area contributed by atoms with Gasteiger partial charge in [0.25, 0.3) is 0 Å². The van der Waals surface area contributed by atoms with E-state index in [9.17, 15) is 9.90 Å². The van der Waals surface area contributed by atoms with Crippen molar-refractivity contribution in [1.29, 1.82) is 0 Å². The summed E-state index contributed by atoms with van der Waals surface area (Å²) in [4.78, 5) is 11.9. The second-order valence-corrected chi connectivity index (χ2v) is 7.64. The molecule has 1 aliphatic heterocycles. The van der Waals surface area contributed by atoms with Crippen molar-refractivity contribution in [2.75, 3.05) is 13.2 Å². The predicted molar refractivity (Wildman–Crippen MR) is 120 cm³/mol. The van der Waals surface area contributed by atoms with Crippen molar-refractivity contribution in [1.82, 2.24) is 5.32 Å². The van der Waals surface area contributed by atoms with E-state index in [4.69, 9.17) is 18.9 Å². The number of hydrogen-bond acceptors (Lipinski definition) is 6. The molecule has 0 unspecified atom stereocenters. The molecule has 1 saturated heterocycles. The molecule has 2 aromatic carbocycles. The molecule has 1 fully saturated rings. The van der Waals surface area contributed by atoms with Crippen molar-refractivity contribution >= 4 is 5.91 Å². The summed E-state index contributed by atoms with van der Waals surface area (Å²) in [6, 6.07) is 18.7. The molecule has 2 aromatic rings. The van der Waals surface area contributed by atoms with Crippen LogP contribution in [-0.2, 0) is 37.0 Å². The van der Waals surface area contributed by atoms with Crippen LogP contribution in [0, 0.1) is 0 Å². The minimum atomic E-state index is -1.03. The molecule has 0 aromatic heterocycles. The van der Waals surface area contributed by atoms with Gasteiger partial charge in [-0.1, -0.05) is 66.7 Å². The number of aliphatic hydroxyl groups is 1. The van der Waals surface area contributed by atoms with Gasteiger partial charge in [-0.25, -0.2) is 0 Å². The summed E-state index contributed by atoms with van der Waals surface area (Å²) in [6.07, 6.45) is -1.71. The number of benzene rings is 2. The molecule has 32 heavy (non-hydrogen) atoms. The van der Waals surface area contributed by atoms with E-state index in [1.165, 1.54) is 6.92 Å². The molecule has 0 spiro atoms. The fourth-order valence-corrected chi connectivity index (χ4v) is 3.58. The highest BCUT2D eigenvalue weighted by Crippen LogP contribution is 2.26. The summed E-state index contributed by atoms with van der Waals surface area (Å²) >= 11 is 0. The molecule has 0 radical (unpaired) electrons. The first-order valence-electron chi connectivity index (χ1n) is 10.7. The van der Waals surface area contributed by atoms with Crippen LogP contribution in [0.3, 0.4) is 0 Å². The first-order valence-corrected chi connectivity index (χ1v) is 10.7. The Morgan fingerprint density at radius 3 is 2.28 bits per heavy atom. The fraction of sp³-hybridized carbons (Fsp3) is 0.400. The molecule has 0 saturated carbocycles. The van der Waals surface area contributed by atoms with Crippen LogP contribution in [0.25, 0.3) is 0 Å². The maximum atomic E-state index is 11.9. The van der Waals surface area contributed by atoms with Gasteiger partial charge < -0.3 is 29.4 Å². The number of nitrogens with one attached hydrogen (secondary N) is 1. The fourth-order valence-electron chi connectivity index (χ4n) is 3.58. The third-order valence-electron chi connectivity index (χ3n) is 5.10. The molecule has 7 nitrogen and oxygen atoms in total. The number of carbonyl (C=O) groups is 1. The molecule has 0 bridgehead atoms. The van der Waals surface area contributed by atoms with Gasteiger partial charge in [0.1, 0.15) is 24.4 Å². The Morgan fingerprint density at radius 2 is 1.69 bits per heavy atom. The molecule has 5 atom stereocenters. The maximum Gasteiger partial charge on any atom is 0.217 e. The Bertz CT molecular complexity index is 831. The summed E-state index contributed by atoms with van der Waals surface area (Å²) < 4.78 is 23.7. The Balaban J connectivity index is 1.72. The average Bonchev–Trinajstić information content (AvgIpc) is 2.80. The van der Waals surface area contributed by atoms with Crippen LogP contribution < -0.4 is 5.32 Å². The van der Waals surface area contributed by atoms with Crippen molar-refractivity contribution in [3.63, 3.8) is 0 Å². The average molecular weight is 442 g/mol. The Morgan fingerprint density at radius 1 is 1.06 bits per heavy atom. The Kier molecular flexibility index (Phi) is 9.40. The van der Waals surface area contributed by atoms with Crippen molar-refractivity contribution in [3.05, 3.63) is 84.4 Å². The predicted octanol–water partition coefficient (Wildman–Crippen LogP) is 2.58. The second kappa shape index (κ2) is 12.5. The van der Waals surface area contributed by atoms with Crippen molar-refractivity contribution in [2.24, 2.45) is 0 Å². The summed E-state index contributed by atoms with van der Waals surface area (Å²) in [5.41, 5.74) is 1.97. The van der Waals surface area contributed by atoms with Gasteiger partial charge in [-0.15, -0.1) is 6.58 Å². The number of amides is 1. The number of aliphatic hydroxyl groups excluding tert-OH is 1. The van der Waals surface area contributed by atoms with E-state index >= 15 is 0 Å². The lowest BCUT2D eigenvalue weighted by Gasteiger charge is -2.44. The molecule has 3 rings (SSSR count). The third kappa shape index (κ3) is 6.98. The van der Waals surface area contributed by atoms with E-state index in [2.05, 4.69) is 11.9 Å². The molecule has 0 aliphatic carbocycles. The lowest BCUT2D eigenvalue weighted by molar-refractivity contribution is -0.278. The quantitative estimate of drug-likeness (QED) is 0.522. The van der Waals surface area contributed by atoms with Gasteiger partial charge in [-0.3, -0.25) is 4.79 Å². The van der Waals surface area contributed by atoms with E-state index in [1.54, 1.807) is 6.08 Å². The van der Waals surface area contributed by atoms with Gasteiger partial charge in [0.2, 0.25) is 5.91 Å². The number of carbonyl (C=O) groups excluding carboxylic acids is 1. The zero-order valence-electron chi connectivity index (χ0n) is 18.3. The first-order chi connectivity index (χ1) is 15.6. The van der Waals surface area contributed by atoms with Gasteiger partial charge in [-0.2, -0.15) is 0 Å². The maximum absolute atomic E-state index is 11.9. The highest BCUT2D eigenvalue weighted by atomic mass is 16.7. The molecule has 1 amide bonds. The molecule has 1 heterocycles. The normalized spacial score (nSPS) is 25.2. The van der Waals surface area contributed by atoms with Gasteiger partial charge in [0.05, 0.1) is 26.4 Å². The summed E-state index contributed by atoms with van der Waals surface area (Å²) in [6.45, 7) is 6.09. The van der Waals surface area contributed by atoms with Crippen molar-refractivity contribution in [2.45, 2.75) is 50.8 Å². The monoisotopic (exact) mass is 441 g/mol. The zero-order chi connectivity index (χ0) is 22.8. The molecule has 7 heteroatoms. The van der Waals surface area contributed by atoms with E-state index in [1.807, 2.05) is 60.7 Å². The highest BCUT2D eigenvalue weighted by Gasteiger charge is 2.47. The second-order valence-electron chi connectivity index (χ2n) is 7.64. The molecular formula is C25H31NO6. The minimum absolute atomic E-state index is 0.141. The van der Waals surface area contributed by atoms with Crippen LogP contribution in [0.1, 0.15) is 18.1 Å². The van der Waals surface area contributed by atoms with Gasteiger partial charge in [0, 0.05) is 6.92 Å². The lowest BCUT2D eigenvalue weighted by atomic mass is 9.96. The number of ether oxygens (including phenoxy) is 4. The first kappa shape index (κ1) is 24.1. The van der Waals surface area contributed by atoms with Gasteiger partial charge >= 0.3 is 0 Å². The lowest BCUT2D eigenvalue weighted by Crippen LogP contribution is -2.65. The smallest absolute Gasteiger partial charge is 0.217 e. The van der Waals surface area contributed by atoms with Crippen LogP contribution in [0.15, 0.2) is 73.3 Å². The zero-order valence-corrected chi connectivity index (χ0v) is 18.3. The molecular weight excluding hydrogens is 410 g/mol. The minimum Gasteiger partial charge on any atom is -0.388 e. The molecule has 2 N–H and O–H groups in total. The van der Waals surface area contributed by atoms with Crippen LogP contribution in [0.5, 0.6) is 0 Å². The standard InChI is InChI=1S/C25H31NO6/c1-3-14-30-25-22(26-18(2)27)24(31-16-20-12-8-5-9-13-20)23(28)21(32-25)17-29-15-19-10-6-4-7-11-19/h3-13,21-25,28H,1,14-17H2,2H3,(H,26,27)/t21-,22-,23+,24-,25-/m1/s1. The summed E-state index contributed by atoms with van der Waals surface area (Å²) in [5, 5.41) is 13.9. The van der Waals surface area contributed by atoms with Gasteiger partial charge in [0.15, 0.2) is 6.29 Å². The van der Waals surface area contributed by atoms with Crippen LogP contribution in [0.2, 0.25) is 0 Å². The van der Waals surface area contributed by atoms with Crippen LogP contribution >= 0.6 is 0 Å². The van der Waals surface area contributed by atoms with Crippen LogP contribution in [-0.4, -0.2) is 54.9 Å². The summed E-state index contributed by atoms with van der Waals surface area (Å²) in [5.74, 6) is -0.273. The van der Waals surface area contributed by atoms with Crippen molar-refractivity contribution < 1.29 is 28.8 Å². The molecule has 172 valence electrons. The summed E-state index contributed by atoms with van der Waals surface area (Å²) in [7, 11) is 0. The highest BCUT2D eigenvalue weighted by molar-refractivity contribution is 5.73. The topological polar surface area (TPSA) is 86.2 Å².